The molecular formula is C18H13F2N3. The number of para-hydroxylation sites is 1. The summed E-state index contributed by atoms with van der Waals surface area (Å²) in [5, 5.41) is 0.203. The van der Waals surface area contributed by atoms with Crippen LogP contribution >= 0.6 is 0 Å². The molecule has 4 aromatic rings. The molecule has 0 saturated heterocycles. The highest BCUT2D eigenvalue weighted by Gasteiger charge is 2.15. The van der Waals surface area contributed by atoms with Crippen molar-refractivity contribution in [1.82, 2.24) is 15.0 Å². The Morgan fingerprint density at radius 3 is 2.22 bits per heavy atom. The molecular weight excluding hydrogens is 296 g/mol. The molecule has 2 heterocycles. The van der Waals surface area contributed by atoms with Gasteiger partial charge in [-0.1, -0.05) is 42.5 Å². The number of benzene rings is 2. The summed E-state index contributed by atoms with van der Waals surface area (Å²) in [5.41, 5.74) is 1.07. The largest absolute Gasteiger partial charge is 0.351 e. The van der Waals surface area contributed by atoms with Gasteiger partial charge in [0.2, 0.25) is 0 Å². The molecule has 0 bridgehead atoms. The normalized spacial score (nSPS) is 10.2. The first-order chi connectivity index (χ1) is 11.3. The highest BCUT2D eigenvalue weighted by molar-refractivity contribution is 5.82. The number of rotatable bonds is 1. The quantitative estimate of drug-likeness (QED) is 0.559. The molecule has 0 fully saturated rings. The molecule has 0 amide bonds. The van der Waals surface area contributed by atoms with Gasteiger partial charge in [-0.25, -0.2) is 18.7 Å². The monoisotopic (exact) mass is 309 g/mol. The minimum absolute atomic E-state index is 0.0480. The van der Waals surface area contributed by atoms with Crippen molar-refractivity contribution in [2.24, 2.45) is 0 Å². The number of nitrogens with one attached hydrogen (secondary N) is 1. The van der Waals surface area contributed by atoms with E-state index in [0.717, 1.165) is 0 Å². The second-order valence-electron chi connectivity index (χ2n) is 4.73. The third-order valence-electron chi connectivity index (χ3n) is 3.23. The van der Waals surface area contributed by atoms with Crippen LogP contribution in [0.1, 0.15) is 0 Å². The van der Waals surface area contributed by atoms with Crippen molar-refractivity contribution >= 4 is 10.9 Å². The van der Waals surface area contributed by atoms with Crippen LogP contribution in [0.25, 0.3) is 22.2 Å². The fraction of sp³-hybridized carbons (Fsp3) is 0. The molecule has 0 unspecified atom stereocenters. The van der Waals surface area contributed by atoms with Crippen molar-refractivity contribution in [1.29, 1.82) is 0 Å². The molecule has 0 saturated carbocycles. The van der Waals surface area contributed by atoms with E-state index in [1.165, 1.54) is 6.07 Å². The Labute approximate surface area is 131 Å². The molecule has 0 spiro atoms. The minimum atomic E-state index is -0.903. The van der Waals surface area contributed by atoms with Crippen molar-refractivity contribution in [3.8, 4) is 11.3 Å². The standard InChI is InChI=1S/C15H9F2N.C3H4N2/c16-13-11-8-4-5-9-12(11)18-15(14(13)17)10-6-2-1-3-7-10;1-2-5-3-4-1/h1-9H;1-3H,(H,4,5). The van der Waals surface area contributed by atoms with Gasteiger partial charge in [-0.05, 0) is 12.1 Å². The van der Waals surface area contributed by atoms with E-state index in [4.69, 9.17) is 0 Å². The lowest BCUT2D eigenvalue weighted by molar-refractivity contribution is 0.516. The third kappa shape index (κ3) is 3.23. The molecule has 3 nitrogen and oxygen atoms in total. The molecule has 0 radical (unpaired) electrons. The summed E-state index contributed by atoms with van der Waals surface area (Å²) in [5.74, 6) is -1.75. The highest BCUT2D eigenvalue weighted by atomic mass is 19.2. The van der Waals surface area contributed by atoms with E-state index in [2.05, 4.69) is 15.0 Å². The number of halogens is 2. The number of hydrogen-bond donors (Lipinski definition) is 1. The first-order valence-corrected chi connectivity index (χ1v) is 6.99. The molecule has 5 heteroatoms. The van der Waals surface area contributed by atoms with E-state index >= 15 is 0 Å². The Bertz CT molecular complexity index is 874. The van der Waals surface area contributed by atoms with E-state index < -0.39 is 11.6 Å². The van der Waals surface area contributed by atoms with Crippen molar-refractivity contribution in [3.63, 3.8) is 0 Å². The zero-order valence-electron chi connectivity index (χ0n) is 12.1. The van der Waals surface area contributed by atoms with Crippen LogP contribution in [-0.2, 0) is 0 Å². The number of pyridine rings is 1. The van der Waals surface area contributed by atoms with Gasteiger partial charge in [-0.15, -0.1) is 0 Å². The first-order valence-electron chi connectivity index (χ1n) is 6.99. The van der Waals surface area contributed by atoms with Crippen LogP contribution in [0.15, 0.2) is 73.3 Å². The molecule has 1 N–H and O–H groups in total. The fourth-order valence-electron chi connectivity index (χ4n) is 2.15. The van der Waals surface area contributed by atoms with Gasteiger partial charge in [0, 0.05) is 23.3 Å². The number of H-pyrrole nitrogens is 1. The summed E-state index contributed by atoms with van der Waals surface area (Å²) in [7, 11) is 0. The Balaban J connectivity index is 0.000000267. The minimum Gasteiger partial charge on any atom is -0.351 e. The molecule has 2 aromatic heterocycles. The average molecular weight is 309 g/mol. The lowest BCUT2D eigenvalue weighted by Gasteiger charge is -2.06. The highest BCUT2D eigenvalue weighted by Crippen LogP contribution is 2.27. The zero-order chi connectivity index (χ0) is 16.1. The van der Waals surface area contributed by atoms with Gasteiger partial charge in [0.1, 0.15) is 5.69 Å². The molecule has 0 atom stereocenters. The Morgan fingerprint density at radius 2 is 1.57 bits per heavy atom. The number of aromatic nitrogens is 3. The van der Waals surface area contributed by atoms with Gasteiger partial charge in [0.15, 0.2) is 11.6 Å². The Kier molecular flexibility index (Phi) is 4.38. The predicted molar refractivity (Wildman–Crippen MR) is 85.7 cm³/mol. The van der Waals surface area contributed by atoms with Crippen LogP contribution in [0.2, 0.25) is 0 Å². The topological polar surface area (TPSA) is 41.6 Å². The third-order valence-corrected chi connectivity index (χ3v) is 3.23. The van der Waals surface area contributed by atoms with Crippen LogP contribution in [-0.4, -0.2) is 15.0 Å². The van der Waals surface area contributed by atoms with Gasteiger partial charge in [-0.2, -0.15) is 0 Å². The second kappa shape index (κ2) is 6.79. The molecule has 0 aliphatic carbocycles. The molecule has 0 aliphatic rings. The van der Waals surface area contributed by atoms with Crippen molar-refractivity contribution < 1.29 is 8.78 Å². The predicted octanol–water partition coefficient (Wildman–Crippen LogP) is 4.59. The van der Waals surface area contributed by atoms with Crippen LogP contribution in [0, 0.1) is 11.6 Å². The van der Waals surface area contributed by atoms with E-state index in [0.29, 0.717) is 11.1 Å². The smallest absolute Gasteiger partial charge is 0.185 e. The van der Waals surface area contributed by atoms with Crippen LogP contribution in [0.3, 0.4) is 0 Å². The zero-order valence-corrected chi connectivity index (χ0v) is 12.1. The summed E-state index contributed by atoms with van der Waals surface area (Å²) in [6, 6.07) is 15.4. The number of imidazole rings is 1. The van der Waals surface area contributed by atoms with E-state index in [1.54, 1.807) is 61.2 Å². The lowest BCUT2D eigenvalue weighted by atomic mass is 10.1. The number of fused-ring (bicyclic) bond motifs is 1. The number of nitrogens with zero attached hydrogens (tertiary/aromatic N) is 2. The maximum atomic E-state index is 14.0. The molecule has 23 heavy (non-hydrogen) atoms. The summed E-state index contributed by atoms with van der Waals surface area (Å²) < 4.78 is 27.9. The Morgan fingerprint density at radius 1 is 0.826 bits per heavy atom. The lowest BCUT2D eigenvalue weighted by Crippen LogP contribution is -1.96. The van der Waals surface area contributed by atoms with E-state index in [1.807, 2.05) is 6.07 Å². The molecule has 2 aromatic carbocycles. The van der Waals surface area contributed by atoms with Crippen LogP contribution in [0.5, 0.6) is 0 Å². The number of aromatic amines is 1. The van der Waals surface area contributed by atoms with E-state index in [-0.39, 0.29) is 11.1 Å². The summed E-state index contributed by atoms with van der Waals surface area (Å²) in [4.78, 5) is 10.6. The van der Waals surface area contributed by atoms with Gasteiger partial charge in [-0.3, -0.25) is 0 Å². The maximum absolute atomic E-state index is 14.0. The van der Waals surface area contributed by atoms with Gasteiger partial charge < -0.3 is 4.98 Å². The summed E-state index contributed by atoms with van der Waals surface area (Å²) in [6.07, 6.45) is 5.08. The van der Waals surface area contributed by atoms with Gasteiger partial charge in [0.05, 0.1) is 11.8 Å². The average Bonchev–Trinajstić information content (AvgIpc) is 3.19. The van der Waals surface area contributed by atoms with Crippen LogP contribution < -0.4 is 0 Å². The van der Waals surface area contributed by atoms with Crippen molar-refractivity contribution in [3.05, 3.63) is 85.0 Å². The second-order valence-corrected chi connectivity index (χ2v) is 4.73. The van der Waals surface area contributed by atoms with E-state index in [9.17, 15) is 8.78 Å². The van der Waals surface area contributed by atoms with Crippen LogP contribution in [0.4, 0.5) is 8.78 Å². The SMILES string of the molecule is Fc1c(-c2ccccc2)nc2ccccc2c1F.c1c[nH]cn1. The number of hydrogen-bond acceptors (Lipinski definition) is 2. The molecule has 4 rings (SSSR count). The summed E-state index contributed by atoms with van der Waals surface area (Å²) >= 11 is 0. The molecule has 0 aliphatic heterocycles. The fourth-order valence-corrected chi connectivity index (χ4v) is 2.15. The maximum Gasteiger partial charge on any atom is 0.185 e. The Hall–Kier alpha value is -3.08. The van der Waals surface area contributed by atoms with Crippen molar-refractivity contribution in [2.75, 3.05) is 0 Å². The molecule has 114 valence electrons. The summed E-state index contributed by atoms with van der Waals surface area (Å²) in [6.45, 7) is 0. The van der Waals surface area contributed by atoms with Gasteiger partial charge in [0.25, 0.3) is 0 Å². The van der Waals surface area contributed by atoms with Gasteiger partial charge >= 0.3 is 0 Å². The first kappa shape index (κ1) is 14.8. The van der Waals surface area contributed by atoms with Crippen molar-refractivity contribution in [2.45, 2.75) is 0 Å².